The highest BCUT2D eigenvalue weighted by Crippen LogP contribution is 2.67. The van der Waals surface area contributed by atoms with Gasteiger partial charge in [0.05, 0.1) is 11.0 Å². The predicted molar refractivity (Wildman–Crippen MR) is 108 cm³/mol. The van der Waals surface area contributed by atoms with Gasteiger partial charge >= 0.3 is 0 Å². The summed E-state index contributed by atoms with van der Waals surface area (Å²) < 4.78 is 6.57. The van der Waals surface area contributed by atoms with Gasteiger partial charge in [-0.15, -0.1) is 0 Å². The zero-order valence-corrected chi connectivity index (χ0v) is 17.6. The Hall–Kier alpha value is -2.05. The number of aliphatic hydroxyl groups is 1. The smallest absolute Gasteiger partial charge is 0.186 e. The number of rotatable bonds is 1. The highest BCUT2D eigenvalue weighted by atomic mass is 35.5. The number of aromatic hydroxyl groups is 1. The molecular formula is C24H25ClN2O3. The van der Waals surface area contributed by atoms with E-state index in [4.69, 9.17) is 4.74 Å². The van der Waals surface area contributed by atoms with Gasteiger partial charge in [0.25, 0.3) is 0 Å². The van der Waals surface area contributed by atoms with Crippen LogP contribution in [0.1, 0.15) is 36.5 Å². The third-order valence-electron chi connectivity index (χ3n) is 8.40. The lowest BCUT2D eigenvalue weighted by Gasteiger charge is -2.62. The van der Waals surface area contributed by atoms with E-state index in [2.05, 4.69) is 41.4 Å². The summed E-state index contributed by atoms with van der Waals surface area (Å²) in [6, 6.07) is 12.3. The minimum absolute atomic E-state index is 0. The van der Waals surface area contributed by atoms with E-state index in [0.29, 0.717) is 12.2 Å². The minimum Gasteiger partial charge on any atom is -1.00 e. The number of piperidine rings is 1. The lowest BCUT2D eigenvalue weighted by Crippen LogP contribution is -3.00. The number of benzene rings is 2. The Morgan fingerprint density at radius 3 is 2.90 bits per heavy atom. The van der Waals surface area contributed by atoms with Crippen LogP contribution in [0.3, 0.4) is 0 Å². The van der Waals surface area contributed by atoms with Crippen molar-refractivity contribution < 1.29 is 32.7 Å². The Kier molecular flexibility index (Phi) is 3.61. The molecule has 2 aromatic rings. The van der Waals surface area contributed by atoms with Gasteiger partial charge in [-0.25, -0.2) is 0 Å². The van der Waals surface area contributed by atoms with Crippen molar-refractivity contribution >= 4 is 11.3 Å². The molecule has 0 aromatic heterocycles. The largest absolute Gasteiger partial charge is 1.00 e. The molecule has 0 unspecified atom stereocenters. The van der Waals surface area contributed by atoms with Crippen molar-refractivity contribution in [2.24, 2.45) is 0 Å². The molecule has 1 spiro atoms. The maximum Gasteiger partial charge on any atom is 0.186 e. The lowest BCUT2D eigenvalue weighted by atomic mass is 9.49. The second-order valence-corrected chi connectivity index (χ2v) is 9.28. The molecule has 7 rings (SSSR count). The monoisotopic (exact) mass is 424 g/mol. The Labute approximate surface area is 181 Å². The number of nitrogens with two attached hydrogens (primary N) is 1. The van der Waals surface area contributed by atoms with Crippen LogP contribution in [0.25, 0.3) is 5.57 Å². The van der Waals surface area contributed by atoms with Crippen LogP contribution in [0.15, 0.2) is 42.1 Å². The Morgan fingerprint density at radius 1 is 1.23 bits per heavy atom. The van der Waals surface area contributed by atoms with Crippen LogP contribution in [-0.4, -0.2) is 45.9 Å². The number of phenols is 1. The Bertz CT molecular complexity index is 1130. The van der Waals surface area contributed by atoms with Crippen molar-refractivity contribution in [2.45, 2.75) is 49.3 Å². The van der Waals surface area contributed by atoms with Gasteiger partial charge in [0, 0.05) is 35.2 Å². The molecule has 4 atom stereocenters. The van der Waals surface area contributed by atoms with E-state index < -0.39 is 11.0 Å². The molecule has 5 nitrogen and oxygen atoms in total. The number of para-hydroxylation sites is 1. The number of likely N-dealkylation sites (tertiary alicyclic amines) is 1. The Balaban J connectivity index is 0.00000175. The number of hydrogen-bond donors (Lipinski definition) is 3. The lowest BCUT2D eigenvalue weighted by molar-refractivity contribution is -0.524. The SMILES string of the molecule is CCN1CC[C@]23c4c5ccc(O)c4O[C@H]2C2=C(C[C@@]3(O)[C@H]1C5)c1ccccc1[NH2+]2.[Cl-]. The third-order valence-corrected chi connectivity index (χ3v) is 8.40. The van der Waals surface area contributed by atoms with Crippen molar-refractivity contribution in [1.82, 2.24) is 4.90 Å². The number of halogens is 1. The third kappa shape index (κ3) is 1.83. The highest BCUT2D eigenvalue weighted by molar-refractivity contribution is 5.82. The van der Waals surface area contributed by atoms with Gasteiger partial charge in [-0.3, -0.25) is 10.2 Å². The summed E-state index contributed by atoms with van der Waals surface area (Å²) in [6.07, 6.45) is 2.06. The fourth-order valence-corrected chi connectivity index (χ4v) is 7.23. The number of hydrogen-bond acceptors (Lipinski definition) is 4. The van der Waals surface area contributed by atoms with E-state index in [-0.39, 0.29) is 30.3 Å². The van der Waals surface area contributed by atoms with Crippen LogP contribution in [0.4, 0.5) is 5.69 Å². The summed E-state index contributed by atoms with van der Waals surface area (Å²) >= 11 is 0. The second-order valence-electron chi connectivity index (χ2n) is 9.28. The maximum absolute atomic E-state index is 12.5. The van der Waals surface area contributed by atoms with Gasteiger partial charge in [0.1, 0.15) is 5.69 Å². The average molecular weight is 425 g/mol. The first kappa shape index (κ1) is 18.7. The number of quaternary nitrogens is 1. The van der Waals surface area contributed by atoms with Gasteiger partial charge in [-0.05, 0) is 43.6 Å². The topological polar surface area (TPSA) is 69.5 Å². The molecule has 2 bridgehead atoms. The highest BCUT2D eigenvalue weighted by Gasteiger charge is 2.74. The standard InChI is InChI=1S/C24H24N2O3.ClH/c1-2-26-10-9-23-19-13-7-8-17(27)21(19)29-22(23)20-15(12-24(23,28)18(26)11-13)14-5-3-4-6-16(14)25-20;/h3-8,18,22,25,27-28H,2,9-12H2,1H3;1H/t18-,22+,23+,24-;/m1./s1. The van der Waals surface area contributed by atoms with Crippen LogP contribution >= 0.6 is 0 Å². The zero-order chi connectivity index (χ0) is 19.5. The quantitative estimate of drug-likeness (QED) is 0.503. The molecule has 1 saturated heterocycles. The van der Waals surface area contributed by atoms with Gasteiger partial charge in [0.2, 0.25) is 0 Å². The Morgan fingerprint density at radius 2 is 2.07 bits per heavy atom. The molecule has 0 saturated carbocycles. The number of likely N-dealkylation sites (N-methyl/N-ethyl adjacent to an activating group) is 1. The van der Waals surface area contributed by atoms with Gasteiger partial charge < -0.3 is 27.4 Å². The van der Waals surface area contributed by atoms with Crippen molar-refractivity contribution in [3.8, 4) is 11.5 Å². The van der Waals surface area contributed by atoms with Gasteiger partial charge in [-0.1, -0.05) is 25.1 Å². The van der Waals surface area contributed by atoms with E-state index in [0.717, 1.165) is 31.5 Å². The fraction of sp³-hybridized carbons (Fsp3) is 0.417. The van der Waals surface area contributed by atoms with E-state index >= 15 is 0 Å². The average Bonchev–Trinajstić information content (AvgIpc) is 3.25. The van der Waals surface area contributed by atoms with Crippen molar-refractivity contribution in [2.75, 3.05) is 13.1 Å². The predicted octanol–water partition coefficient (Wildman–Crippen LogP) is -1.20. The first-order valence-electron chi connectivity index (χ1n) is 10.7. The molecule has 0 radical (unpaired) electrons. The summed E-state index contributed by atoms with van der Waals surface area (Å²) in [6.45, 7) is 4.07. The number of fused-ring (bicyclic) bond motifs is 3. The van der Waals surface area contributed by atoms with E-state index in [1.54, 1.807) is 6.07 Å². The summed E-state index contributed by atoms with van der Waals surface area (Å²) in [5, 5.41) is 25.4. The van der Waals surface area contributed by atoms with E-state index in [9.17, 15) is 10.2 Å². The molecule has 2 aromatic carbocycles. The normalized spacial score (nSPS) is 34.6. The molecule has 5 aliphatic rings. The van der Waals surface area contributed by atoms with Gasteiger partial charge in [0.15, 0.2) is 23.3 Å². The molecular weight excluding hydrogens is 400 g/mol. The van der Waals surface area contributed by atoms with Gasteiger partial charge in [-0.2, -0.15) is 0 Å². The number of nitrogens with zero attached hydrogens (tertiary/aromatic N) is 1. The molecule has 3 heterocycles. The molecule has 3 aliphatic heterocycles. The zero-order valence-electron chi connectivity index (χ0n) is 16.9. The first-order chi connectivity index (χ1) is 14.1. The van der Waals surface area contributed by atoms with Crippen LogP contribution < -0.4 is 22.5 Å². The van der Waals surface area contributed by atoms with Crippen LogP contribution in [0.5, 0.6) is 11.5 Å². The molecule has 30 heavy (non-hydrogen) atoms. The maximum atomic E-state index is 12.5. The number of phenolic OH excluding ortho intramolecular Hbond substituents is 1. The van der Waals surface area contributed by atoms with E-state index in [1.807, 2.05) is 6.07 Å². The van der Waals surface area contributed by atoms with Crippen molar-refractivity contribution in [3.05, 3.63) is 58.8 Å². The van der Waals surface area contributed by atoms with Crippen molar-refractivity contribution in [3.63, 3.8) is 0 Å². The molecule has 4 N–H and O–H groups in total. The summed E-state index contributed by atoms with van der Waals surface area (Å²) in [4.78, 5) is 2.45. The molecule has 0 amide bonds. The summed E-state index contributed by atoms with van der Waals surface area (Å²) in [7, 11) is 0. The van der Waals surface area contributed by atoms with Crippen LogP contribution in [0.2, 0.25) is 0 Å². The summed E-state index contributed by atoms with van der Waals surface area (Å²) in [5.41, 5.74) is 5.78. The minimum atomic E-state index is -0.901. The summed E-state index contributed by atoms with van der Waals surface area (Å²) in [5.74, 6) is 0.802. The van der Waals surface area contributed by atoms with Crippen molar-refractivity contribution in [1.29, 1.82) is 0 Å². The molecule has 6 heteroatoms. The van der Waals surface area contributed by atoms with E-state index in [1.165, 1.54) is 28.1 Å². The first-order valence-corrected chi connectivity index (χ1v) is 10.7. The number of ether oxygens (including phenoxy) is 1. The second kappa shape index (κ2) is 5.80. The fourth-order valence-electron chi connectivity index (χ4n) is 7.23. The molecule has 1 fully saturated rings. The molecule has 156 valence electrons. The molecule has 2 aliphatic carbocycles. The van der Waals surface area contributed by atoms with Crippen LogP contribution in [-0.2, 0) is 11.8 Å². The van der Waals surface area contributed by atoms with Crippen LogP contribution in [0, 0.1) is 0 Å².